The number of rotatable bonds is 6. The number of ketones is 1. The summed E-state index contributed by atoms with van der Waals surface area (Å²) in [6.45, 7) is 11.4. The number of β-lactam (4-membered cyclic amide) rings is 1. The van der Waals surface area contributed by atoms with Gasteiger partial charge >= 0.3 is 0 Å². The van der Waals surface area contributed by atoms with Crippen molar-refractivity contribution in [3.8, 4) is 0 Å². The molecule has 1 unspecified atom stereocenters. The molecule has 1 aromatic heterocycles. The van der Waals surface area contributed by atoms with Crippen LogP contribution in [-0.4, -0.2) is 59.5 Å². The predicted molar refractivity (Wildman–Crippen MR) is 108 cm³/mol. The maximum Gasteiger partial charge on any atom is 0.260 e. The summed E-state index contributed by atoms with van der Waals surface area (Å²) in [5, 5.41) is 12.1. The minimum absolute atomic E-state index is 0.0664. The molecule has 0 aromatic carbocycles. The molecule has 1 amide bonds. The number of fused-ring (bicyclic) bond motifs is 1. The SMILES string of the molecule is C=CCC1(Sc2nnnn2C)S[C@@H]2[C@@H](OC)C(=O)N2C(C(=O)C(C)(C)C)=C1C. The summed E-state index contributed by atoms with van der Waals surface area (Å²) < 4.78 is 6.45. The van der Waals surface area contributed by atoms with Gasteiger partial charge in [0.05, 0.1) is 9.78 Å². The smallest absolute Gasteiger partial charge is 0.260 e. The lowest BCUT2D eigenvalue weighted by Crippen LogP contribution is -2.67. The summed E-state index contributed by atoms with van der Waals surface area (Å²) in [5.74, 6) is -0.243. The topological polar surface area (TPSA) is 90.2 Å². The normalized spacial score (nSPS) is 27.5. The monoisotopic (exact) mass is 423 g/mol. The van der Waals surface area contributed by atoms with Gasteiger partial charge in [-0.15, -0.1) is 23.4 Å². The highest BCUT2D eigenvalue weighted by Gasteiger charge is 2.60. The molecule has 0 radical (unpaired) electrons. The van der Waals surface area contributed by atoms with Gasteiger partial charge in [-0.2, -0.15) is 0 Å². The van der Waals surface area contributed by atoms with Crippen LogP contribution < -0.4 is 0 Å². The maximum absolute atomic E-state index is 13.3. The van der Waals surface area contributed by atoms with Gasteiger partial charge in [-0.3, -0.25) is 14.5 Å². The molecule has 0 spiro atoms. The first-order chi connectivity index (χ1) is 13.1. The Morgan fingerprint density at radius 1 is 1.46 bits per heavy atom. The Morgan fingerprint density at radius 2 is 2.14 bits per heavy atom. The van der Waals surface area contributed by atoms with Crippen molar-refractivity contribution in [2.45, 2.75) is 54.8 Å². The third-order valence-electron chi connectivity index (χ3n) is 4.87. The van der Waals surface area contributed by atoms with Crippen LogP contribution in [0, 0.1) is 5.41 Å². The lowest BCUT2D eigenvalue weighted by Gasteiger charge is -2.54. The van der Waals surface area contributed by atoms with Crippen LogP contribution in [0.3, 0.4) is 0 Å². The minimum atomic E-state index is -0.626. The molecule has 3 atom stereocenters. The molecule has 3 rings (SSSR count). The fourth-order valence-corrected chi connectivity index (χ4v) is 6.52. The van der Waals surface area contributed by atoms with E-state index in [1.807, 2.05) is 33.8 Å². The van der Waals surface area contributed by atoms with Crippen molar-refractivity contribution < 1.29 is 14.3 Å². The number of ether oxygens (including phenoxy) is 1. The standard InChI is InChI=1S/C18H25N5O3S2/c1-8-9-18(28-16-19-20-21-22(16)6)10(2)11(13(24)17(3,4)5)23-14(25)12(26-7)15(23)27-18/h8,12,15H,1,9H2,2-7H3/t12-,15+,18?/m0/s1. The van der Waals surface area contributed by atoms with E-state index in [0.29, 0.717) is 17.3 Å². The number of methoxy groups -OCH3 is 1. The van der Waals surface area contributed by atoms with Gasteiger partial charge in [0.2, 0.25) is 5.16 Å². The molecule has 28 heavy (non-hydrogen) atoms. The van der Waals surface area contributed by atoms with E-state index in [1.54, 1.807) is 28.4 Å². The van der Waals surface area contributed by atoms with E-state index in [2.05, 4.69) is 22.1 Å². The Hall–Kier alpha value is -1.65. The number of amides is 1. The van der Waals surface area contributed by atoms with E-state index in [1.165, 1.54) is 18.9 Å². The first kappa shape index (κ1) is 21.1. The predicted octanol–water partition coefficient (Wildman–Crippen LogP) is 2.39. The van der Waals surface area contributed by atoms with Crippen LogP contribution in [0.1, 0.15) is 34.1 Å². The molecule has 0 N–H and O–H groups in total. The van der Waals surface area contributed by atoms with Crippen molar-refractivity contribution in [1.82, 2.24) is 25.1 Å². The molecule has 0 bridgehead atoms. The number of aromatic nitrogens is 4. The van der Waals surface area contributed by atoms with Gasteiger partial charge in [-0.1, -0.05) is 38.6 Å². The first-order valence-corrected chi connectivity index (χ1v) is 10.6. The number of Topliss-reactive ketones (excluding diaryl/α,β-unsaturated/α-hetero) is 1. The molecule has 1 aromatic rings. The van der Waals surface area contributed by atoms with Gasteiger partial charge < -0.3 is 4.74 Å². The van der Waals surface area contributed by atoms with Crippen LogP contribution >= 0.6 is 23.5 Å². The van der Waals surface area contributed by atoms with E-state index >= 15 is 0 Å². The summed E-state index contributed by atoms with van der Waals surface area (Å²) in [7, 11) is 3.29. The van der Waals surface area contributed by atoms with E-state index in [-0.39, 0.29) is 17.1 Å². The van der Waals surface area contributed by atoms with E-state index in [9.17, 15) is 9.59 Å². The molecule has 1 fully saturated rings. The highest BCUT2D eigenvalue weighted by atomic mass is 32.2. The van der Waals surface area contributed by atoms with E-state index in [0.717, 1.165) is 5.57 Å². The number of aryl methyl sites for hydroxylation is 1. The van der Waals surface area contributed by atoms with Crippen molar-refractivity contribution in [3.05, 3.63) is 23.9 Å². The summed E-state index contributed by atoms with van der Waals surface area (Å²) in [4.78, 5) is 27.6. The Labute approximate surface area is 173 Å². The molecule has 2 aliphatic heterocycles. The summed E-state index contributed by atoms with van der Waals surface area (Å²) in [6.07, 6.45) is 1.82. The molecule has 3 heterocycles. The van der Waals surface area contributed by atoms with Crippen LogP contribution in [0.4, 0.5) is 0 Å². The molecule has 8 nitrogen and oxygen atoms in total. The van der Waals surface area contributed by atoms with Gasteiger partial charge in [0.15, 0.2) is 11.9 Å². The third kappa shape index (κ3) is 3.21. The van der Waals surface area contributed by atoms with Crippen LogP contribution in [0.5, 0.6) is 0 Å². The zero-order valence-corrected chi connectivity index (χ0v) is 18.6. The van der Waals surface area contributed by atoms with Gasteiger partial charge in [-0.05, 0) is 29.3 Å². The molecule has 1 saturated heterocycles. The second-order valence-electron chi connectivity index (χ2n) is 7.86. The highest BCUT2D eigenvalue weighted by molar-refractivity contribution is 8.18. The fourth-order valence-electron chi connectivity index (χ4n) is 3.27. The molecule has 152 valence electrons. The molecule has 2 aliphatic rings. The van der Waals surface area contributed by atoms with Gasteiger partial charge in [-0.25, -0.2) is 4.68 Å². The highest BCUT2D eigenvalue weighted by Crippen LogP contribution is 2.59. The third-order valence-corrected chi connectivity index (χ3v) is 8.30. The zero-order valence-electron chi connectivity index (χ0n) is 16.9. The Morgan fingerprint density at radius 3 is 2.64 bits per heavy atom. The first-order valence-electron chi connectivity index (χ1n) is 8.89. The average molecular weight is 424 g/mol. The average Bonchev–Trinajstić information content (AvgIpc) is 3.01. The van der Waals surface area contributed by atoms with Gasteiger partial charge in [0.25, 0.3) is 5.91 Å². The van der Waals surface area contributed by atoms with Crippen molar-refractivity contribution in [3.63, 3.8) is 0 Å². The summed E-state index contributed by atoms with van der Waals surface area (Å²) in [5.41, 5.74) is 0.655. The van der Waals surface area contributed by atoms with E-state index in [4.69, 9.17) is 4.74 Å². The van der Waals surface area contributed by atoms with Crippen LogP contribution in [0.2, 0.25) is 0 Å². The quantitative estimate of drug-likeness (QED) is 0.509. The van der Waals surface area contributed by atoms with Crippen LogP contribution in [-0.2, 0) is 21.4 Å². The van der Waals surface area contributed by atoms with E-state index < -0.39 is 15.6 Å². The molecule has 0 aliphatic carbocycles. The molecular weight excluding hydrogens is 398 g/mol. The Bertz CT molecular complexity index is 860. The molecule has 10 heteroatoms. The largest absolute Gasteiger partial charge is 0.368 e. The number of allylic oxidation sites excluding steroid dienone is 2. The number of thioether (sulfide) groups is 2. The number of carbonyl (C=O) groups excluding carboxylic acids is 2. The van der Waals surface area contributed by atoms with Crippen LogP contribution in [0.25, 0.3) is 0 Å². The number of hydrogen-bond acceptors (Lipinski definition) is 8. The summed E-state index contributed by atoms with van der Waals surface area (Å²) >= 11 is 3.07. The number of carbonyl (C=O) groups is 2. The number of nitrogens with zero attached hydrogens (tertiary/aromatic N) is 5. The van der Waals surface area contributed by atoms with Gasteiger partial charge in [0, 0.05) is 19.6 Å². The second kappa shape index (κ2) is 7.31. The molecule has 0 saturated carbocycles. The number of tetrazole rings is 1. The van der Waals surface area contributed by atoms with Crippen molar-refractivity contribution >= 4 is 35.2 Å². The van der Waals surface area contributed by atoms with Crippen molar-refractivity contribution in [2.75, 3.05) is 7.11 Å². The number of hydrogen-bond donors (Lipinski definition) is 0. The lowest BCUT2D eigenvalue weighted by molar-refractivity contribution is -0.160. The van der Waals surface area contributed by atoms with Crippen molar-refractivity contribution in [2.24, 2.45) is 12.5 Å². The minimum Gasteiger partial charge on any atom is -0.368 e. The van der Waals surface area contributed by atoms with Gasteiger partial charge in [0.1, 0.15) is 5.37 Å². The summed E-state index contributed by atoms with van der Waals surface area (Å²) in [6, 6.07) is 0. The zero-order chi connectivity index (χ0) is 20.9. The van der Waals surface area contributed by atoms with Crippen molar-refractivity contribution in [1.29, 1.82) is 0 Å². The van der Waals surface area contributed by atoms with Crippen LogP contribution in [0.15, 0.2) is 29.1 Å². The Kier molecular flexibility index (Phi) is 5.50. The fraction of sp³-hybridized carbons (Fsp3) is 0.611. The Balaban J connectivity index is 2.17. The molecular formula is C18H25N5O3S2. The maximum atomic E-state index is 13.3. The second-order valence-corrected chi connectivity index (χ2v) is 10.8. The lowest BCUT2D eigenvalue weighted by atomic mass is 9.85.